The van der Waals surface area contributed by atoms with Crippen LogP contribution in [0.1, 0.15) is 5.56 Å². The molecule has 30 heavy (non-hydrogen) atoms. The summed E-state index contributed by atoms with van der Waals surface area (Å²) in [5, 5.41) is 3.79. The smallest absolute Gasteiger partial charge is 0.326 e. The molecular formula is C21H23N5O4. The lowest BCUT2D eigenvalue weighted by Gasteiger charge is -2.40. The fourth-order valence-electron chi connectivity index (χ4n) is 3.62. The SMILES string of the molecule is COc1ccccc1NC(=O)CN1NC2N(CCN2c2ccc(C)cc2)C(=O)C1=O. The number of para-hydroxylation sites is 2. The topological polar surface area (TPSA) is 94.2 Å². The van der Waals surface area contributed by atoms with Crippen molar-refractivity contribution in [3.63, 3.8) is 0 Å². The first-order valence-corrected chi connectivity index (χ1v) is 9.63. The van der Waals surface area contributed by atoms with Crippen LogP contribution in [0.15, 0.2) is 48.5 Å². The van der Waals surface area contributed by atoms with Crippen molar-refractivity contribution in [3.05, 3.63) is 54.1 Å². The van der Waals surface area contributed by atoms with Crippen LogP contribution in [0.3, 0.4) is 0 Å². The Morgan fingerprint density at radius 2 is 1.77 bits per heavy atom. The highest BCUT2D eigenvalue weighted by molar-refractivity contribution is 6.35. The summed E-state index contributed by atoms with van der Waals surface area (Å²) >= 11 is 0. The van der Waals surface area contributed by atoms with Crippen LogP contribution in [0.2, 0.25) is 0 Å². The van der Waals surface area contributed by atoms with Crippen LogP contribution in [-0.2, 0) is 14.4 Å². The minimum Gasteiger partial charge on any atom is -0.495 e. The maximum Gasteiger partial charge on any atom is 0.326 e. The van der Waals surface area contributed by atoms with E-state index >= 15 is 0 Å². The Balaban J connectivity index is 1.48. The lowest BCUT2D eigenvalue weighted by Crippen LogP contribution is -2.68. The largest absolute Gasteiger partial charge is 0.495 e. The van der Waals surface area contributed by atoms with Gasteiger partial charge in [0, 0.05) is 18.8 Å². The summed E-state index contributed by atoms with van der Waals surface area (Å²) in [5.74, 6) is -1.32. The van der Waals surface area contributed by atoms with Gasteiger partial charge in [0.15, 0.2) is 6.29 Å². The van der Waals surface area contributed by atoms with Crippen molar-refractivity contribution in [1.82, 2.24) is 15.3 Å². The maximum absolute atomic E-state index is 12.6. The van der Waals surface area contributed by atoms with E-state index in [1.54, 1.807) is 24.3 Å². The molecule has 2 fully saturated rings. The number of hydrogen-bond acceptors (Lipinski definition) is 6. The molecule has 2 aromatic carbocycles. The Hall–Kier alpha value is -3.59. The summed E-state index contributed by atoms with van der Waals surface area (Å²) in [4.78, 5) is 41.1. The van der Waals surface area contributed by atoms with Crippen molar-refractivity contribution < 1.29 is 19.1 Å². The van der Waals surface area contributed by atoms with E-state index in [1.165, 1.54) is 12.0 Å². The molecule has 2 N–H and O–H groups in total. The summed E-state index contributed by atoms with van der Waals surface area (Å²) < 4.78 is 5.22. The normalized spacial score (nSPS) is 18.5. The van der Waals surface area contributed by atoms with Crippen molar-refractivity contribution in [2.24, 2.45) is 0 Å². The number of benzene rings is 2. The molecule has 2 heterocycles. The van der Waals surface area contributed by atoms with E-state index in [1.807, 2.05) is 36.1 Å². The molecule has 2 aliphatic heterocycles. The van der Waals surface area contributed by atoms with Gasteiger partial charge in [-0.3, -0.25) is 24.3 Å². The van der Waals surface area contributed by atoms with E-state index in [9.17, 15) is 14.4 Å². The van der Waals surface area contributed by atoms with Gasteiger partial charge in [0.1, 0.15) is 12.3 Å². The minimum absolute atomic E-state index is 0.311. The van der Waals surface area contributed by atoms with Crippen LogP contribution < -0.4 is 20.4 Å². The quantitative estimate of drug-likeness (QED) is 0.714. The number of rotatable bonds is 5. The fraction of sp³-hybridized carbons (Fsp3) is 0.286. The summed E-state index contributed by atoms with van der Waals surface area (Å²) in [7, 11) is 1.51. The third kappa shape index (κ3) is 3.67. The Kier molecular flexibility index (Phi) is 5.28. The van der Waals surface area contributed by atoms with E-state index in [-0.39, 0.29) is 6.54 Å². The Bertz CT molecular complexity index is 978. The lowest BCUT2D eigenvalue weighted by atomic mass is 10.2. The average molecular weight is 409 g/mol. The van der Waals surface area contributed by atoms with Gasteiger partial charge in [-0.25, -0.2) is 0 Å². The van der Waals surface area contributed by atoms with Crippen LogP contribution in [-0.4, -0.2) is 60.7 Å². The van der Waals surface area contributed by atoms with Crippen LogP contribution in [0.5, 0.6) is 5.75 Å². The monoisotopic (exact) mass is 409 g/mol. The zero-order valence-electron chi connectivity index (χ0n) is 16.8. The molecule has 2 saturated heterocycles. The second-order valence-corrected chi connectivity index (χ2v) is 7.17. The van der Waals surface area contributed by atoms with Crippen molar-refractivity contribution in [2.45, 2.75) is 13.2 Å². The molecule has 0 bridgehead atoms. The molecule has 4 rings (SSSR count). The van der Waals surface area contributed by atoms with Crippen LogP contribution >= 0.6 is 0 Å². The van der Waals surface area contributed by atoms with Crippen LogP contribution in [0.4, 0.5) is 11.4 Å². The molecule has 0 radical (unpaired) electrons. The zero-order chi connectivity index (χ0) is 21.3. The summed E-state index contributed by atoms with van der Waals surface area (Å²) in [6, 6.07) is 14.9. The molecule has 156 valence electrons. The molecule has 9 nitrogen and oxygen atoms in total. The molecular weight excluding hydrogens is 386 g/mol. The second-order valence-electron chi connectivity index (χ2n) is 7.17. The van der Waals surface area contributed by atoms with Gasteiger partial charge >= 0.3 is 11.8 Å². The number of anilines is 2. The van der Waals surface area contributed by atoms with Crippen molar-refractivity contribution in [2.75, 3.05) is 37.0 Å². The molecule has 0 aromatic heterocycles. The van der Waals surface area contributed by atoms with Gasteiger partial charge in [0.2, 0.25) is 5.91 Å². The Morgan fingerprint density at radius 1 is 1.07 bits per heavy atom. The highest BCUT2D eigenvalue weighted by atomic mass is 16.5. The van der Waals surface area contributed by atoms with E-state index in [2.05, 4.69) is 10.7 Å². The first-order valence-electron chi connectivity index (χ1n) is 9.63. The number of fused-ring (bicyclic) bond motifs is 1. The van der Waals surface area contributed by atoms with Crippen LogP contribution in [0.25, 0.3) is 0 Å². The third-order valence-corrected chi connectivity index (χ3v) is 5.18. The number of carbonyl (C=O) groups is 3. The maximum atomic E-state index is 12.6. The highest BCUT2D eigenvalue weighted by Gasteiger charge is 2.45. The number of ether oxygens (including phenoxy) is 1. The van der Waals surface area contributed by atoms with E-state index in [0.29, 0.717) is 24.5 Å². The number of aryl methyl sites for hydroxylation is 1. The number of carbonyl (C=O) groups excluding carboxylic acids is 3. The van der Waals surface area contributed by atoms with Crippen molar-refractivity contribution >= 4 is 29.1 Å². The van der Waals surface area contributed by atoms with Gasteiger partial charge < -0.3 is 15.0 Å². The molecule has 0 spiro atoms. The standard InChI is InChI=1S/C21H23N5O4/c1-14-7-9-15(10-8-14)24-11-12-25-19(28)20(29)26(23-21(24)25)13-18(27)22-16-5-3-4-6-17(16)30-2/h3-10,21,23H,11-13H2,1-2H3,(H,22,27). The molecule has 2 aliphatic rings. The molecule has 0 saturated carbocycles. The number of hydrazine groups is 1. The lowest BCUT2D eigenvalue weighted by molar-refractivity contribution is -0.163. The zero-order valence-corrected chi connectivity index (χ0v) is 16.8. The van der Waals surface area contributed by atoms with Crippen molar-refractivity contribution in [1.29, 1.82) is 0 Å². The highest BCUT2D eigenvalue weighted by Crippen LogP contribution is 2.26. The van der Waals surface area contributed by atoms with E-state index in [4.69, 9.17) is 4.74 Å². The van der Waals surface area contributed by atoms with Gasteiger partial charge in [0.25, 0.3) is 0 Å². The van der Waals surface area contributed by atoms with Crippen LogP contribution in [0, 0.1) is 6.92 Å². The number of amides is 3. The van der Waals surface area contributed by atoms with Gasteiger partial charge in [-0.15, -0.1) is 0 Å². The van der Waals surface area contributed by atoms with Crippen molar-refractivity contribution in [3.8, 4) is 5.75 Å². The number of nitrogens with zero attached hydrogens (tertiary/aromatic N) is 3. The average Bonchev–Trinajstić information content (AvgIpc) is 3.16. The Morgan fingerprint density at radius 3 is 2.50 bits per heavy atom. The first-order chi connectivity index (χ1) is 14.5. The summed E-state index contributed by atoms with van der Waals surface area (Å²) in [6.07, 6.45) is -0.531. The molecule has 1 atom stereocenters. The second kappa shape index (κ2) is 8.03. The number of methoxy groups -OCH3 is 1. The van der Waals surface area contributed by atoms with Gasteiger partial charge in [0.05, 0.1) is 12.8 Å². The minimum atomic E-state index is -0.757. The third-order valence-electron chi connectivity index (χ3n) is 5.18. The molecule has 9 heteroatoms. The first kappa shape index (κ1) is 19.7. The number of nitrogens with one attached hydrogen (secondary N) is 2. The molecule has 2 aromatic rings. The summed E-state index contributed by atoms with van der Waals surface area (Å²) in [5.41, 5.74) is 5.58. The summed E-state index contributed by atoms with van der Waals surface area (Å²) in [6.45, 7) is 2.70. The van der Waals surface area contributed by atoms with E-state index in [0.717, 1.165) is 16.3 Å². The van der Waals surface area contributed by atoms with Gasteiger partial charge in [-0.05, 0) is 31.2 Å². The molecule has 1 unspecified atom stereocenters. The van der Waals surface area contributed by atoms with Gasteiger partial charge in [-0.1, -0.05) is 29.8 Å². The molecule has 0 aliphatic carbocycles. The predicted molar refractivity (Wildman–Crippen MR) is 110 cm³/mol. The van der Waals surface area contributed by atoms with E-state index < -0.39 is 24.0 Å². The molecule has 3 amide bonds. The Labute approximate surface area is 174 Å². The fourth-order valence-corrected chi connectivity index (χ4v) is 3.62. The van der Waals surface area contributed by atoms with Gasteiger partial charge in [-0.2, -0.15) is 5.43 Å². The number of hydrogen-bond donors (Lipinski definition) is 2. The predicted octanol–water partition coefficient (Wildman–Crippen LogP) is 0.921.